The third-order valence-corrected chi connectivity index (χ3v) is 1.96. The van der Waals surface area contributed by atoms with Crippen LogP contribution in [-0.4, -0.2) is 4.98 Å². The molecule has 0 fully saturated rings. The average Bonchev–Trinajstić information content (AvgIpc) is 2.73. The molecular formula is C10H7FN4O. The van der Waals surface area contributed by atoms with Crippen LogP contribution in [-0.2, 0) is 0 Å². The van der Waals surface area contributed by atoms with Crippen molar-refractivity contribution >= 4 is 5.88 Å². The van der Waals surface area contributed by atoms with E-state index in [1.165, 1.54) is 24.3 Å². The Hall–Kier alpha value is -2.39. The van der Waals surface area contributed by atoms with Gasteiger partial charge in [0.25, 0.3) is 0 Å². The highest BCUT2D eigenvalue weighted by Crippen LogP contribution is 2.24. The number of nitrogens with two attached hydrogens (primary N) is 1. The van der Waals surface area contributed by atoms with Crippen LogP contribution in [0.2, 0.25) is 0 Å². The first-order chi connectivity index (χ1) is 7.74. The molecule has 0 bridgehead atoms. The highest BCUT2D eigenvalue weighted by atomic mass is 19.1. The Bertz CT molecular complexity index is 541. The van der Waals surface area contributed by atoms with Gasteiger partial charge in [-0.15, -0.1) is 0 Å². The van der Waals surface area contributed by atoms with E-state index in [-0.39, 0.29) is 23.3 Å². The highest BCUT2D eigenvalue weighted by molar-refractivity contribution is 5.58. The van der Waals surface area contributed by atoms with Crippen LogP contribution in [0.25, 0.3) is 11.5 Å². The standard InChI is InChI=1S/C10H7FN4O/c11-7-3-1-6(2-4-7)9-14-8(5-12)10(15-13)16-9/h1-4,15H,13H2. The number of anilines is 1. The molecule has 3 N–H and O–H groups in total. The van der Waals surface area contributed by atoms with Crippen LogP contribution in [0.15, 0.2) is 28.7 Å². The molecule has 0 saturated heterocycles. The fourth-order valence-electron chi connectivity index (χ4n) is 1.21. The summed E-state index contributed by atoms with van der Waals surface area (Å²) in [5.74, 6) is 5.09. The Balaban J connectivity index is 2.45. The van der Waals surface area contributed by atoms with Crippen LogP contribution in [0.5, 0.6) is 0 Å². The summed E-state index contributed by atoms with van der Waals surface area (Å²) in [6.07, 6.45) is 0. The van der Waals surface area contributed by atoms with Crippen LogP contribution in [0.4, 0.5) is 10.3 Å². The number of halogens is 1. The summed E-state index contributed by atoms with van der Waals surface area (Å²) in [7, 11) is 0. The molecule has 80 valence electrons. The predicted octanol–water partition coefficient (Wildman–Crippen LogP) is 1.64. The number of oxazole rings is 1. The molecule has 0 saturated carbocycles. The normalized spacial score (nSPS) is 9.81. The first-order valence-corrected chi connectivity index (χ1v) is 4.38. The third-order valence-electron chi connectivity index (χ3n) is 1.96. The van der Waals surface area contributed by atoms with Crippen molar-refractivity contribution in [2.75, 3.05) is 5.43 Å². The number of aromatic nitrogens is 1. The van der Waals surface area contributed by atoms with E-state index >= 15 is 0 Å². The van der Waals surface area contributed by atoms with Crippen molar-refractivity contribution in [1.82, 2.24) is 4.98 Å². The molecule has 1 aromatic heterocycles. The zero-order valence-electron chi connectivity index (χ0n) is 8.07. The van der Waals surface area contributed by atoms with Crippen molar-refractivity contribution in [2.45, 2.75) is 0 Å². The minimum Gasteiger partial charge on any atom is -0.418 e. The summed E-state index contributed by atoms with van der Waals surface area (Å²) in [5, 5.41) is 8.73. The SMILES string of the molecule is N#Cc1nc(-c2ccc(F)cc2)oc1NN. The van der Waals surface area contributed by atoms with Crippen LogP contribution >= 0.6 is 0 Å². The molecule has 6 heteroatoms. The fraction of sp³-hybridized carbons (Fsp3) is 0. The number of hydrogen-bond donors (Lipinski definition) is 2. The lowest BCUT2D eigenvalue weighted by Crippen LogP contribution is -2.06. The summed E-state index contributed by atoms with van der Waals surface area (Å²) >= 11 is 0. The lowest BCUT2D eigenvalue weighted by Gasteiger charge is -1.94. The van der Waals surface area contributed by atoms with Crippen molar-refractivity contribution in [1.29, 1.82) is 5.26 Å². The van der Waals surface area contributed by atoms with Gasteiger partial charge in [-0.2, -0.15) is 10.2 Å². The molecule has 0 atom stereocenters. The Labute approximate surface area is 90.3 Å². The first-order valence-electron chi connectivity index (χ1n) is 4.38. The molecule has 0 unspecified atom stereocenters. The minimum absolute atomic E-state index is 0.0572. The molecule has 16 heavy (non-hydrogen) atoms. The van der Waals surface area contributed by atoms with Gasteiger partial charge >= 0.3 is 0 Å². The van der Waals surface area contributed by atoms with E-state index < -0.39 is 0 Å². The van der Waals surface area contributed by atoms with Crippen molar-refractivity contribution in [3.63, 3.8) is 0 Å². The van der Waals surface area contributed by atoms with E-state index in [1.807, 2.05) is 6.07 Å². The van der Waals surface area contributed by atoms with Crippen molar-refractivity contribution in [3.8, 4) is 17.5 Å². The monoisotopic (exact) mass is 218 g/mol. The summed E-state index contributed by atoms with van der Waals surface area (Å²) in [6.45, 7) is 0. The zero-order valence-corrected chi connectivity index (χ0v) is 8.07. The number of nitrogens with zero attached hydrogens (tertiary/aromatic N) is 2. The summed E-state index contributed by atoms with van der Waals surface area (Å²) in [5.41, 5.74) is 2.85. The molecule has 5 nitrogen and oxygen atoms in total. The van der Waals surface area contributed by atoms with E-state index in [1.54, 1.807) is 0 Å². The van der Waals surface area contributed by atoms with Crippen LogP contribution in [0.3, 0.4) is 0 Å². The Morgan fingerprint density at radius 1 is 1.38 bits per heavy atom. The topological polar surface area (TPSA) is 87.9 Å². The molecule has 0 spiro atoms. The second kappa shape index (κ2) is 4.00. The van der Waals surface area contributed by atoms with Crippen molar-refractivity contribution < 1.29 is 8.81 Å². The number of nitrogens with one attached hydrogen (secondary N) is 1. The number of benzene rings is 1. The number of hydrazine groups is 1. The van der Waals surface area contributed by atoms with E-state index in [0.29, 0.717) is 5.56 Å². The van der Waals surface area contributed by atoms with Crippen LogP contribution in [0, 0.1) is 17.1 Å². The molecular weight excluding hydrogens is 211 g/mol. The molecule has 0 aliphatic rings. The zero-order chi connectivity index (χ0) is 11.5. The quantitative estimate of drug-likeness (QED) is 0.590. The minimum atomic E-state index is -0.354. The number of nitrogen functional groups attached to an aromatic ring is 1. The maximum atomic E-state index is 12.7. The predicted molar refractivity (Wildman–Crippen MR) is 54.4 cm³/mol. The van der Waals surface area contributed by atoms with E-state index in [9.17, 15) is 4.39 Å². The van der Waals surface area contributed by atoms with Crippen LogP contribution in [0.1, 0.15) is 5.69 Å². The maximum Gasteiger partial charge on any atom is 0.246 e. The highest BCUT2D eigenvalue weighted by Gasteiger charge is 2.13. The maximum absolute atomic E-state index is 12.7. The lowest BCUT2D eigenvalue weighted by atomic mass is 10.2. The fourth-order valence-corrected chi connectivity index (χ4v) is 1.21. The molecule has 2 rings (SSSR count). The van der Waals surface area contributed by atoms with Gasteiger partial charge in [0.1, 0.15) is 11.9 Å². The third kappa shape index (κ3) is 1.71. The number of hydrogen-bond acceptors (Lipinski definition) is 5. The van der Waals surface area contributed by atoms with Gasteiger partial charge in [0.05, 0.1) is 0 Å². The van der Waals surface area contributed by atoms with Gasteiger partial charge in [-0.1, -0.05) is 0 Å². The molecule has 2 aromatic rings. The second-order valence-corrected chi connectivity index (χ2v) is 2.96. The van der Waals surface area contributed by atoms with Crippen molar-refractivity contribution in [3.05, 3.63) is 35.8 Å². The Morgan fingerprint density at radius 3 is 2.56 bits per heavy atom. The van der Waals surface area contributed by atoms with E-state index in [2.05, 4.69) is 10.4 Å². The largest absolute Gasteiger partial charge is 0.418 e. The molecule has 0 amide bonds. The summed E-state index contributed by atoms with van der Waals surface area (Å²) in [6, 6.07) is 7.39. The number of nitriles is 1. The molecule has 0 aliphatic heterocycles. The summed E-state index contributed by atoms with van der Waals surface area (Å²) < 4.78 is 17.9. The Morgan fingerprint density at radius 2 is 2.06 bits per heavy atom. The van der Waals surface area contributed by atoms with Gasteiger partial charge in [-0.25, -0.2) is 10.2 Å². The molecule has 1 aromatic carbocycles. The lowest BCUT2D eigenvalue weighted by molar-refractivity contribution is 0.586. The van der Waals surface area contributed by atoms with Crippen LogP contribution < -0.4 is 11.3 Å². The van der Waals surface area contributed by atoms with Gasteiger partial charge < -0.3 is 4.42 Å². The van der Waals surface area contributed by atoms with E-state index in [4.69, 9.17) is 15.5 Å². The van der Waals surface area contributed by atoms with Crippen molar-refractivity contribution in [2.24, 2.45) is 5.84 Å². The average molecular weight is 218 g/mol. The second-order valence-electron chi connectivity index (χ2n) is 2.96. The van der Waals surface area contributed by atoms with Gasteiger partial charge in [0.15, 0.2) is 0 Å². The van der Waals surface area contributed by atoms with Gasteiger partial charge in [-0.05, 0) is 24.3 Å². The smallest absolute Gasteiger partial charge is 0.246 e. The first kappa shape index (κ1) is 10.1. The van der Waals surface area contributed by atoms with Gasteiger partial charge in [-0.3, -0.25) is 5.43 Å². The Kier molecular flexibility index (Phi) is 2.54. The van der Waals surface area contributed by atoms with Gasteiger partial charge in [0.2, 0.25) is 17.5 Å². The summed E-state index contributed by atoms with van der Waals surface area (Å²) in [4.78, 5) is 3.91. The molecule has 0 radical (unpaired) electrons. The van der Waals surface area contributed by atoms with E-state index in [0.717, 1.165) is 0 Å². The molecule has 1 heterocycles. The number of rotatable bonds is 2. The molecule has 0 aliphatic carbocycles. The van der Waals surface area contributed by atoms with Gasteiger partial charge in [0, 0.05) is 5.56 Å².